The fourth-order valence-corrected chi connectivity index (χ4v) is 4.18. The third-order valence-corrected chi connectivity index (χ3v) is 6.04. The first kappa shape index (κ1) is 17.9. The third-order valence-electron chi connectivity index (χ3n) is 6.04. The van der Waals surface area contributed by atoms with Crippen LogP contribution in [0, 0.1) is 17.2 Å². The van der Waals surface area contributed by atoms with Gasteiger partial charge in [-0.15, -0.1) is 0 Å². The molecule has 2 aromatic rings. The number of piperazine rings is 1. The van der Waals surface area contributed by atoms with E-state index in [-0.39, 0.29) is 11.8 Å². The summed E-state index contributed by atoms with van der Waals surface area (Å²) >= 11 is 0. The molecule has 0 spiro atoms. The predicted molar refractivity (Wildman–Crippen MR) is 111 cm³/mol. The lowest BCUT2D eigenvalue weighted by molar-refractivity contribution is -0.117. The summed E-state index contributed by atoms with van der Waals surface area (Å²) in [5, 5.41) is 12.5. The molecule has 1 aliphatic heterocycles. The van der Waals surface area contributed by atoms with E-state index < -0.39 is 0 Å². The van der Waals surface area contributed by atoms with Crippen molar-refractivity contribution >= 4 is 23.2 Å². The zero-order chi connectivity index (χ0) is 19.8. The van der Waals surface area contributed by atoms with Crippen LogP contribution in [-0.4, -0.2) is 42.1 Å². The minimum atomic E-state index is 0.0778. The van der Waals surface area contributed by atoms with Crippen molar-refractivity contribution in [3.63, 3.8) is 0 Å². The van der Waals surface area contributed by atoms with Crippen molar-refractivity contribution in [2.75, 3.05) is 41.3 Å². The van der Waals surface area contributed by atoms with E-state index in [0.29, 0.717) is 11.4 Å². The van der Waals surface area contributed by atoms with Crippen LogP contribution in [0.3, 0.4) is 0 Å². The highest BCUT2D eigenvalue weighted by molar-refractivity contribution is 5.93. The summed E-state index contributed by atoms with van der Waals surface area (Å²) in [7, 11) is 0. The first-order valence-electron chi connectivity index (χ1n) is 10.4. The van der Waals surface area contributed by atoms with E-state index in [1.165, 1.54) is 5.56 Å². The average molecular weight is 388 g/mol. The second kappa shape index (κ2) is 7.36. The first-order valence-corrected chi connectivity index (χ1v) is 10.4. The van der Waals surface area contributed by atoms with Gasteiger partial charge >= 0.3 is 0 Å². The van der Waals surface area contributed by atoms with Crippen LogP contribution in [0.1, 0.15) is 36.1 Å². The number of carbonyl (C=O) groups excluding carboxylic acids is 1. The molecule has 1 saturated heterocycles. The Morgan fingerprint density at radius 3 is 2.62 bits per heavy atom. The number of aryl methyl sites for hydroxylation is 2. The number of nitrogens with zero attached hydrogens (tertiary/aromatic N) is 5. The second-order valence-corrected chi connectivity index (χ2v) is 8.07. The fraction of sp³-hybridized carbons (Fsp3) is 0.455. The highest BCUT2D eigenvalue weighted by atomic mass is 16.2. The molecule has 2 aliphatic carbocycles. The zero-order valence-corrected chi connectivity index (χ0v) is 16.4. The van der Waals surface area contributed by atoms with Gasteiger partial charge in [0.05, 0.1) is 17.4 Å². The van der Waals surface area contributed by atoms with Gasteiger partial charge in [-0.3, -0.25) is 4.79 Å². The Morgan fingerprint density at radius 1 is 1.14 bits per heavy atom. The summed E-state index contributed by atoms with van der Waals surface area (Å²) < 4.78 is 0. The molecule has 1 N–H and O–H groups in total. The van der Waals surface area contributed by atoms with E-state index in [1.54, 1.807) is 0 Å². The van der Waals surface area contributed by atoms with E-state index in [2.05, 4.69) is 26.2 Å². The molecule has 0 radical (unpaired) electrons. The van der Waals surface area contributed by atoms with Gasteiger partial charge in [-0.25, -0.2) is 9.97 Å². The van der Waals surface area contributed by atoms with Crippen LogP contribution in [0.4, 0.5) is 17.3 Å². The fourth-order valence-electron chi connectivity index (χ4n) is 4.18. The summed E-state index contributed by atoms with van der Waals surface area (Å²) in [6.07, 6.45) is 6.99. The molecule has 0 atom stereocenters. The molecular formula is C22H24N6O. The van der Waals surface area contributed by atoms with Gasteiger partial charge in [0.25, 0.3) is 0 Å². The van der Waals surface area contributed by atoms with Gasteiger partial charge in [0, 0.05) is 37.8 Å². The second-order valence-electron chi connectivity index (χ2n) is 8.07. The normalized spacial score (nSPS) is 18.3. The van der Waals surface area contributed by atoms with Crippen LogP contribution in [0.25, 0.3) is 0 Å². The van der Waals surface area contributed by atoms with Crippen LogP contribution < -0.4 is 15.1 Å². The Balaban J connectivity index is 1.24. The maximum absolute atomic E-state index is 11.9. The lowest BCUT2D eigenvalue weighted by Gasteiger charge is -2.37. The lowest BCUT2D eigenvalue weighted by Crippen LogP contribution is -2.47. The number of fused-ring (bicyclic) bond motifs is 1. The number of anilines is 3. The number of nitriles is 1. The number of rotatable bonds is 4. The van der Waals surface area contributed by atoms with Crippen LogP contribution in [0.5, 0.6) is 0 Å². The van der Waals surface area contributed by atoms with E-state index in [9.17, 15) is 10.1 Å². The summed E-state index contributed by atoms with van der Waals surface area (Å²) in [5.74, 6) is 1.71. The predicted octanol–water partition coefficient (Wildman–Crippen LogP) is 2.51. The molecule has 0 bridgehead atoms. The maximum Gasteiger partial charge on any atom is 0.228 e. The molecule has 3 heterocycles. The van der Waals surface area contributed by atoms with Crippen molar-refractivity contribution in [3.8, 4) is 6.07 Å². The number of aromatic nitrogens is 2. The van der Waals surface area contributed by atoms with Crippen molar-refractivity contribution in [2.45, 2.75) is 32.1 Å². The van der Waals surface area contributed by atoms with Crippen molar-refractivity contribution in [3.05, 3.63) is 41.2 Å². The smallest absolute Gasteiger partial charge is 0.228 e. The standard InChI is InChI=1S/C22H24N6O/c23-13-17-12-16-2-1-3-19(16)25-21(17)28-10-8-27(9-11-28)18-6-7-20(24-14-18)26-22(29)15-4-5-15/h6-7,12,14-15H,1-5,8-11H2,(H,24,26,29). The SMILES string of the molecule is N#Cc1cc2c(nc1N1CCN(c3ccc(NC(=O)C4CC4)nc3)CC1)CCC2. The van der Waals surface area contributed by atoms with Crippen LogP contribution in [-0.2, 0) is 17.6 Å². The molecule has 5 rings (SSSR count). The number of hydrogen-bond donors (Lipinski definition) is 1. The molecule has 1 amide bonds. The molecular weight excluding hydrogens is 364 g/mol. The average Bonchev–Trinajstić information content (AvgIpc) is 3.52. The molecule has 0 unspecified atom stereocenters. The summed E-state index contributed by atoms with van der Waals surface area (Å²) in [6, 6.07) is 8.26. The van der Waals surface area contributed by atoms with Crippen molar-refractivity contribution in [2.24, 2.45) is 5.92 Å². The highest BCUT2D eigenvalue weighted by Gasteiger charge is 2.30. The molecule has 2 fully saturated rings. The van der Waals surface area contributed by atoms with Gasteiger partial charge in [0.1, 0.15) is 17.7 Å². The Labute approximate surface area is 170 Å². The van der Waals surface area contributed by atoms with Gasteiger partial charge in [0.2, 0.25) is 5.91 Å². The topological polar surface area (TPSA) is 85.2 Å². The van der Waals surface area contributed by atoms with E-state index in [0.717, 1.165) is 75.5 Å². The first-order chi connectivity index (χ1) is 14.2. The van der Waals surface area contributed by atoms with Crippen LogP contribution in [0.15, 0.2) is 24.4 Å². The van der Waals surface area contributed by atoms with Crippen molar-refractivity contribution in [1.82, 2.24) is 9.97 Å². The number of pyridine rings is 2. The van der Waals surface area contributed by atoms with Gasteiger partial charge in [-0.1, -0.05) is 0 Å². The molecule has 2 aromatic heterocycles. The van der Waals surface area contributed by atoms with E-state index in [4.69, 9.17) is 4.98 Å². The van der Waals surface area contributed by atoms with Crippen molar-refractivity contribution in [1.29, 1.82) is 5.26 Å². The molecule has 7 nitrogen and oxygen atoms in total. The Hall–Kier alpha value is -3.14. The largest absolute Gasteiger partial charge is 0.367 e. The molecule has 148 valence electrons. The zero-order valence-electron chi connectivity index (χ0n) is 16.4. The minimum Gasteiger partial charge on any atom is -0.367 e. The maximum atomic E-state index is 11.9. The monoisotopic (exact) mass is 388 g/mol. The number of hydrogen-bond acceptors (Lipinski definition) is 6. The Morgan fingerprint density at radius 2 is 1.93 bits per heavy atom. The van der Waals surface area contributed by atoms with Crippen LogP contribution >= 0.6 is 0 Å². The molecule has 3 aliphatic rings. The van der Waals surface area contributed by atoms with Gasteiger partial charge in [-0.2, -0.15) is 5.26 Å². The Bertz CT molecular complexity index is 968. The van der Waals surface area contributed by atoms with Crippen LogP contribution in [0.2, 0.25) is 0 Å². The number of amides is 1. The van der Waals surface area contributed by atoms with Gasteiger partial charge < -0.3 is 15.1 Å². The molecule has 7 heteroatoms. The summed E-state index contributed by atoms with van der Waals surface area (Å²) in [6.45, 7) is 3.33. The number of nitrogens with one attached hydrogen (secondary N) is 1. The summed E-state index contributed by atoms with van der Waals surface area (Å²) in [4.78, 5) is 25.6. The lowest BCUT2D eigenvalue weighted by atomic mass is 10.1. The quantitative estimate of drug-likeness (QED) is 0.866. The van der Waals surface area contributed by atoms with Gasteiger partial charge in [-0.05, 0) is 55.9 Å². The van der Waals surface area contributed by atoms with E-state index in [1.807, 2.05) is 24.4 Å². The molecule has 29 heavy (non-hydrogen) atoms. The molecule has 0 aromatic carbocycles. The third kappa shape index (κ3) is 3.63. The van der Waals surface area contributed by atoms with Gasteiger partial charge in [0.15, 0.2) is 0 Å². The molecule has 1 saturated carbocycles. The summed E-state index contributed by atoms with van der Waals surface area (Å²) in [5.41, 5.74) is 4.14. The highest BCUT2D eigenvalue weighted by Crippen LogP contribution is 2.30. The minimum absolute atomic E-state index is 0.0778. The van der Waals surface area contributed by atoms with Crippen molar-refractivity contribution < 1.29 is 4.79 Å². The van der Waals surface area contributed by atoms with E-state index >= 15 is 0 Å². The Kier molecular flexibility index (Phi) is 4.55. The number of carbonyl (C=O) groups is 1.